The molecule has 1 saturated heterocycles. The Morgan fingerprint density at radius 3 is 2.76 bits per heavy atom. The second-order valence-corrected chi connectivity index (χ2v) is 7.80. The summed E-state index contributed by atoms with van der Waals surface area (Å²) in [6.07, 6.45) is 3.08. The number of esters is 1. The Balaban J connectivity index is 1.55. The molecule has 11 heteroatoms. The third kappa shape index (κ3) is 3.31. The van der Waals surface area contributed by atoms with Crippen molar-refractivity contribution in [3.63, 3.8) is 0 Å². The van der Waals surface area contributed by atoms with Crippen molar-refractivity contribution in [3.05, 3.63) is 69.0 Å². The zero-order chi connectivity index (χ0) is 23.9. The van der Waals surface area contributed by atoms with Gasteiger partial charge < -0.3 is 23.9 Å². The molecule has 1 atom stereocenters. The lowest BCUT2D eigenvalue weighted by Crippen LogP contribution is -2.54. The Labute approximate surface area is 193 Å². The van der Waals surface area contributed by atoms with Crippen molar-refractivity contribution in [2.45, 2.75) is 25.5 Å². The van der Waals surface area contributed by atoms with Gasteiger partial charge in [0.05, 0.1) is 11.5 Å². The summed E-state index contributed by atoms with van der Waals surface area (Å²) in [7, 11) is 0. The maximum atomic E-state index is 13.6. The molecular formula is C23H20FN3O7. The van der Waals surface area contributed by atoms with Crippen LogP contribution >= 0.6 is 0 Å². The predicted octanol–water partition coefficient (Wildman–Crippen LogP) is 3.70. The normalized spacial score (nSPS) is 21.6. The number of nitro groups is 1. The van der Waals surface area contributed by atoms with Gasteiger partial charge in [0.15, 0.2) is 11.6 Å². The Morgan fingerprint density at radius 2 is 2.03 bits per heavy atom. The molecular weight excluding hydrogens is 449 g/mol. The molecule has 5 rings (SSSR count). The van der Waals surface area contributed by atoms with Crippen LogP contribution in [-0.2, 0) is 20.1 Å². The van der Waals surface area contributed by atoms with E-state index in [0.717, 1.165) is 5.57 Å². The number of hydrogen-bond acceptors (Lipinski definition) is 9. The van der Waals surface area contributed by atoms with Gasteiger partial charge in [0.2, 0.25) is 12.5 Å². The third-order valence-electron chi connectivity index (χ3n) is 5.86. The number of ether oxygens (including phenoxy) is 3. The van der Waals surface area contributed by atoms with Gasteiger partial charge in [0.25, 0.3) is 0 Å². The molecule has 0 saturated carbocycles. The van der Waals surface area contributed by atoms with Crippen LogP contribution in [0.1, 0.15) is 30.9 Å². The first-order valence-electron chi connectivity index (χ1n) is 10.7. The van der Waals surface area contributed by atoms with E-state index in [0.29, 0.717) is 36.3 Å². The summed E-state index contributed by atoms with van der Waals surface area (Å²) < 4.78 is 29.7. The largest absolute Gasteiger partial charge is 0.461 e. The predicted molar refractivity (Wildman–Crippen MR) is 116 cm³/mol. The molecule has 2 aromatic carbocycles. The van der Waals surface area contributed by atoms with Crippen LogP contribution in [0.2, 0.25) is 0 Å². The van der Waals surface area contributed by atoms with Gasteiger partial charge in [-0.05, 0) is 61.7 Å². The Hall–Kier alpha value is -4.15. The van der Waals surface area contributed by atoms with Crippen LogP contribution in [0.4, 0.5) is 10.1 Å². The molecule has 10 nitrogen and oxygen atoms in total. The molecule has 3 aliphatic heterocycles. The molecule has 1 fully saturated rings. The van der Waals surface area contributed by atoms with Crippen LogP contribution in [0.15, 0.2) is 47.1 Å². The number of rotatable bonds is 5. The second kappa shape index (κ2) is 8.32. The van der Waals surface area contributed by atoms with Gasteiger partial charge in [-0.1, -0.05) is 5.16 Å². The summed E-state index contributed by atoms with van der Waals surface area (Å²) in [5, 5.41) is 15.5. The van der Waals surface area contributed by atoms with Gasteiger partial charge in [-0.2, -0.15) is 0 Å². The van der Waals surface area contributed by atoms with Gasteiger partial charge in [0.1, 0.15) is 5.82 Å². The van der Waals surface area contributed by atoms with Crippen molar-refractivity contribution >= 4 is 23.6 Å². The molecule has 176 valence electrons. The minimum atomic E-state index is -1.68. The zero-order valence-electron chi connectivity index (χ0n) is 18.2. The van der Waals surface area contributed by atoms with Crippen molar-refractivity contribution in [2.75, 3.05) is 19.9 Å². The number of piperidine rings is 1. The average molecular weight is 469 g/mol. The van der Waals surface area contributed by atoms with Gasteiger partial charge >= 0.3 is 17.4 Å². The molecule has 0 aliphatic carbocycles. The lowest BCUT2D eigenvalue weighted by molar-refractivity contribution is -0.385. The SMILES string of the molecule is CCOC(=O)C1(c2ccc(F)cc2)ON=C2C(=Cc3ccc([N+](=O)[O-])c4c3OCO4)CCCN21. The lowest BCUT2D eigenvalue weighted by Gasteiger charge is -2.37. The highest BCUT2D eigenvalue weighted by Gasteiger charge is 2.57. The molecule has 0 spiro atoms. The van der Waals surface area contributed by atoms with Crippen LogP contribution in [-0.4, -0.2) is 41.6 Å². The standard InChI is InChI=1S/C23H20FN3O7/c1-2-31-22(28)23(16-6-8-17(24)9-7-16)26-11-3-4-15(21(26)25-34-23)12-14-5-10-18(27(29)30)20-19(14)32-13-33-20/h5-10,12H,2-4,11,13H2,1H3. The second-order valence-electron chi connectivity index (χ2n) is 7.80. The molecule has 0 N–H and O–H groups in total. The van der Waals surface area contributed by atoms with E-state index in [1.165, 1.54) is 30.3 Å². The number of nitro benzene ring substituents is 1. The number of fused-ring (bicyclic) bond motifs is 2. The van der Waals surface area contributed by atoms with Crippen LogP contribution in [0.5, 0.6) is 11.5 Å². The minimum Gasteiger partial charge on any atom is -0.461 e. The summed E-state index contributed by atoms with van der Waals surface area (Å²) in [6.45, 7) is 2.14. The highest BCUT2D eigenvalue weighted by Crippen LogP contribution is 2.46. The quantitative estimate of drug-likeness (QED) is 0.370. The maximum absolute atomic E-state index is 13.6. The molecule has 3 aliphatic rings. The third-order valence-corrected chi connectivity index (χ3v) is 5.86. The van der Waals surface area contributed by atoms with E-state index in [-0.39, 0.29) is 30.6 Å². The number of amidine groups is 1. The molecule has 2 aromatic rings. The van der Waals surface area contributed by atoms with Crippen molar-refractivity contribution < 1.29 is 33.2 Å². The number of halogens is 1. The Kier molecular flexibility index (Phi) is 5.31. The smallest absolute Gasteiger partial charge is 0.380 e. The van der Waals surface area contributed by atoms with Gasteiger partial charge in [-0.25, -0.2) is 9.18 Å². The zero-order valence-corrected chi connectivity index (χ0v) is 18.2. The first-order valence-corrected chi connectivity index (χ1v) is 10.7. The topological polar surface area (TPSA) is 113 Å². The number of carbonyl (C=O) groups is 1. The fourth-order valence-corrected chi connectivity index (χ4v) is 4.36. The van der Waals surface area contributed by atoms with E-state index in [2.05, 4.69) is 5.16 Å². The highest BCUT2D eigenvalue weighted by atomic mass is 19.1. The van der Waals surface area contributed by atoms with Gasteiger partial charge in [-0.15, -0.1) is 0 Å². The molecule has 1 unspecified atom stereocenters. The number of hydrogen-bond donors (Lipinski definition) is 0. The summed E-state index contributed by atoms with van der Waals surface area (Å²) in [5.74, 6) is -0.336. The van der Waals surface area contributed by atoms with Gasteiger partial charge in [-0.3, -0.25) is 10.1 Å². The molecule has 0 amide bonds. The molecule has 34 heavy (non-hydrogen) atoms. The molecule has 3 heterocycles. The van der Waals surface area contributed by atoms with E-state index in [4.69, 9.17) is 19.0 Å². The van der Waals surface area contributed by atoms with Crippen LogP contribution in [0, 0.1) is 15.9 Å². The van der Waals surface area contributed by atoms with Crippen LogP contribution in [0.3, 0.4) is 0 Å². The number of nitrogens with zero attached hydrogens (tertiary/aromatic N) is 3. The highest BCUT2D eigenvalue weighted by molar-refractivity contribution is 6.06. The van der Waals surface area contributed by atoms with Crippen molar-refractivity contribution in [1.29, 1.82) is 0 Å². The average Bonchev–Trinajstić information content (AvgIpc) is 3.47. The Bertz CT molecular complexity index is 1230. The van der Waals surface area contributed by atoms with E-state index >= 15 is 0 Å². The van der Waals surface area contributed by atoms with Crippen molar-refractivity contribution in [2.24, 2.45) is 5.16 Å². The van der Waals surface area contributed by atoms with E-state index in [1.807, 2.05) is 0 Å². The van der Waals surface area contributed by atoms with Crippen molar-refractivity contribution in [3.8, 4) is 11.5 Å². The van der Waals surface area contributed by atoms with Gasteiger partial charge in [0, 0.05) is 23.7 Å². The fraction of sp³-hybridized carbons (Fsp3) is 0.304. The minimum absolute atomic E-state index is 0.0730. The monoisotopic (exact) mass is 469 g/mol. The van der Waals surface area contributed by atoms with Crippen LogP contribution in [0.25, 0.3) is 6.08 Å². The lowest BCUT2D eigenvalue weighted by atomic mass is 9.94. The number of benzene rings is 2. The first kappa shape index (κ1) is 21.7. The Morgan fingerprint density at radius 1 is 1.26 bits per heavy atom. The molecule has 0 aromatic heterocycles. The number of oxime groups is 1. The number of carbonyl (C=O) groups excluding carboxylic acids is 1. The summed E-state index contributed by atoms with van der Waals surface area (Å²) in [6, 6.07) is 8.36. The van der Waals surface area contributed by atoms with Crippen LogP contribution < -0.4 is 9.47 Å². The van der Waals surface area contributed by atoms with Crippen molar-refractivity contribution in [1.82, 2.24) is 4.90 Å². The summed E-state index contributed by atoms with van der Waals surface area (Å²) >= 11 is 0. The first-order chi connectivity index (χ1) is 16.5. The molecule has 0 bridgehead atoms. The maximum Gasteiger partial charge on any atom is 0.380 e. The van der Waals surface area contributed by atoms with E-state index < -0.39 is 22.4 Å². The molecule has 0 radical (unpaired) electrons. The van der Waals surface area contributed by atoms with E-state index in [9.17, 15) is 19.3 Å². The summed E-state index contributed by atoms with van der Waals surface area (Å²) in [5.41, 5.74) is -0.158. The summed E-state index contributed by atoms with van der Waals surface area (Å²) in [4.78, 5) is 31.4. The fourth-order valence-electron chi connectivity index (χ4n) is 4.36. The van der Waals surface area contributed by atoms with E-state index in [1.54, 1.807) is 24.0 Å².